The first-order valence-electron chi connectivity index (χ1n) is 13.7. The first kappa shape index (κ1) is 42.9. The molecular formula is C28H66O5. The van der Waals surface area contributed by atoms with Crippen molar-refractivity contribution in [1.29, 1.82) is 0 Å². The summed E-state index contributed by atoms with van der Waals surface area (Å²) in [6.45, 7) is 0. The molecule has 5 N–H and O–H groups in total. The molecule has 1 saturated carbocycles. The van der Waals surface area contributed by atoms with Crippen LogP contribution in [0.2, 0.25) is 0 Å². The summed E-state index contributed by atoms with van der Waals surface area (Å²) in [6.07, 6.45) is 34.5. The average molecular weight is 483 g/mol. The number of hydrogen-bond donors (Lipinski definition) is 5. The lowest BCUT2D eigenvalue weighted by atomic mass is 10.0. The number of aliphatic hydroxyl groups excluding tert-OH is 5. The van der Waals surface area contributed by atoms with Crippen LogP contribution in [-0.2, 0) is 0 Å². The van der Waals surface area contributed by atoms with E-state index in [9.17, 15) is 0 Å². The molecule has 0 spiro atoms. The summed E-state index contributed by atoms with van der Waals surface area (Å²) in [5, 5.41) is 35.0. The van der Waals surface area contributed by atoms with Crippen molar-refractivity contribution in [2.75, 3.05) is 35.5 Å². The first-order chi connectivity index (χ1) is 16.5. The molecule has 0 aromatic rings. The minimum absolute atomic E-state index is 1.00. The molecule has 0 aromatic carbocycles. The molecule has 1 rings (SSSR count). The van der Waals surface area contributed by atoms with Gasteiger partial charge >= 0.3 is 0 Å². The van der Waals surface area contributed by atoms with E-state index < -0.39 is 0 Å². The minimum atomic E-state index is 1.00. The number of hydrogen-bond acceptors (Lipinski definition) is 5. The van der Waals surface area contributed by atoms with Crippen molar-refractivity contribution in [3.63, 3.8) is 0 Å². The van der Waals surface area contributed by atoms with Crippen LogP contribution in [0, 0.1) is 0 Å². The second-order valence-corrected chi connectivity index (χ2v) is 8.13. The number of rotatable bonds is 0. The zero-order valence-corrected chi connectivity index (χ0v) is 23.5. The van der Waals surface area contributed by atoms with Gasteiger partial charge in [0, 0.05) is 35.5 Å². The van der Waals surface area contributed by atoms with Gasteiger partial charge < -0.3 is 25.5 Å². The summed E-state index contributed by atoms with van der Waals surface area (Å²) in [6, 6.07) is 0. The van der Waals surface area contributed by atoms with E-state index in [0.29, 0.717) is 0 Å². The van der Waals surface area contributed by atoms with E-state index >= 15 is 0 Å². The monoisotopic (exact) mass is 482 g/mol. The minimum Gasteiger partial charge on any atom is -0.400 e. The lowest BCUT2D eigenvalue weighted by Crippen LogP contribution is -1.84. The molecule has 0 aromatic heterocycles. The Kier molecular flexibility index (Phi) is 75.5. The Bertz CT molecular complexity index is 124. The molecule has 1 aliphatic rings. The van der Waals surface area contributed by atoms with E-state index in [1.165, 1.54) is 148 Å². The second-order valence-electron chi connectivity index (χ2n) is 8.13. The van der Waals surface area contributed by atoms with Crippen LogP contribution in [-0.4, -0.2) is 61.1 Å². The maximum absolute atomic E-state index is 7.00. The van der Waals surface area contributed by atoms with Crippen LogP contribution in [0.5, 0.6) is 0 Å². The van der Waals surface area contributed by atoms with Crippen molar-refractivity contribution >= 4 is 0 Å². The Morgan fingerprint density at radius 1 is 0.152 bits per heavy atom. The van der Waals surface area contributed by atoms with E-state index in [1.54, 1.807) is 0 Å². The quantitative estimate of drug-likeness (QED) is 0.255. The smallest absolute Gasteiger partial charge is 0.0319 e. The molecule has 1 fully saturated rings. The van der Waals surface area contributed by atoms with Crippen LogP contribution in [0.4, 0.5) is 0 Å². The third-order valence-corrected chi connectivity index (χ3v) is 5.75. The van der Waals surface area contributed by atoms with E-state index in [2.05, 4.69) is 0 Å². The van der Waals surface area contributed by atoms with Crippen molar-refractivity contribution < 1.29 is 25.5 Å². The van der Waals surface area contributed by atoms with Crippen LogP contribution in [0.25, 0.3) is 0 Å². The van der Waals surface area contributed by atoms with Gasteiger partial charge in [0.2, 0.25) is 0 Å². The van der Waals surface area contributed by atoms with Gasteiger partial charge in [-0.3, -0.25) is 0 Å². The van der Waals surface area contributed by atoms with Crippen LogP contribution in [0.3, 0.4) is 0 Å². The van der Waals surface area contributed by atoms with Gasteiger partial charge in [0.05, 0.1) is 0 Å². The standard InChI is InChI=1S/C23H46.5CH4O/c1-2-4-6-8-10-12-14-16-18-20-22-23-21-19-17-15-13-11-9-7-5-3-1;5*1-2/h1-23H2;5*2H,1H3. The van der Waals surface area contributed by atoms with E-state index in [4.69, 9.17) is 25.5 Å². The first-order valence-corrected chi connectivity index (χ1v) is 13.7. The van der Waals surface area contributed by atoms with Crippen LogP contribution in [0.15, 0.2) is 0 Å². The van der Waals surface area contributed by atoms with Crippen LogP contribution in [0.1, 0.15) is 148 Å². The molecule has 1 aliphatic carbocycles. The largest absolute Gasteiger partial charge is 0.400 e. The molecular weight excluding hydrogens is 416 g/mol. The summed E-state index contributed by atoms with van der Waals surface area (Å²) in [4.78, 5) is 0. The molecule has 0 amide bonds. The summed E-state index contributed by atoms with van der Waals surface area (Å²) < 4.78 is 0. The van der Waals surface area contributed by atoms with Gasteiger partial charge in [0.15, 0.2) is 0 Å². The Balaban J connectivity index is -0.000000230. The highest BCUT2D eigenvalue weighted by Crippen LogP contribution is 2.16. The zero-order chi connectivity index (χ0) is 26.3. The molecule has 0 radical (unpaired) electrons. The Labute approximate surface area is 209 Å². The topological polar surface area (TPSA) is 101 Å². The molecule has 208 valence electrons. The molecule has 0 bridgehead atoms. The van der Waals surface area contributed by atoms with Crippen molar-refractivity contribution in [2.45, 2.75) is 148 Å². The highest BCUT2D eigenvalue weighted by molar-refractivity contribution is 4.52. The fourth-order valence-corrected chi connectivity index (χ4v) is 4.07. The van der Waals surface area contributed by atoms with Gasteiger partial charge in [0.1, 0.15) is 0 Å². The van der Waals surface area contributed by atoms with Crippen molar-refractivity contribution in [2.24, 2.45) is 0 Å². The molecule has 5 heteroatoms. The Hall–Kier alpha value is -0.200. The molecule has 33 heavy (non-hydrogen) atoms. The molecule has 0 aliphatic heterocycles. The molecule has 0 heterocycles. The Morgan fingerprint density at radius 2 is 0.182 bits per heavy atom. The molecule has 0 unspecified atom stereocenters. The summed E-state index contributed by atoms with van der Waals surface area (Å²) >= 11 is 0. The molecule has 0 saturated heterocycles. The summed E-state index contributed by atoms with van der Waals surface area (Å²) in [7, 11) is 5.00. The zero-order valence-electron chi connectivity index (χ0n) is 23.5. The van der Waals surface area contributed by atoms with Gasteiger partial charge in [-0.25, -0.2) is 0 Å². The molecule has 5 nitrogen and oxygen atoms in total. The van der Waals surface area contributed by atoms with Gasteiger partial charge in [-0.1, -0.05) is 148 Å². The average Bonchev–Trinajstić information content (AvgIpc) is 2.91. The van der Waals surface area contributed by atoms with Gasteiger partial charge in [-0.15, -0.1) is 0 Å². The van der Waals surface area contributed by atoms with E-state index in [-0.39, 0.29) is 0 Å². The fraction of sp³-hybridized carbons (Fsp3) is 1.00. The predicted octanol–water partition coefficient (Wildman–Crippen LogP) is 7.01. The SMILES string of the molecule is C1CCCCCCCCCCCCCCCCCCCCCC1.CO.CO.CO.CO.CO. The summed E-state index contributed by atoms with van der Waals surface area (Å²) in [5.74, 6) is 0. The summed E-state index contributed by atoms with van der Waals surface area (Å²) in [5.41, 5.74) is 0. The lowest BCUT2D eigenvalue weighted by molar-refractivity contribution is 0.399. The lowest BCUT2D eigenvalue weighted by Gasteiger charge is -2.03. The van der Waals surface area contributed by atoms with Gasteiger partial charge in [-0.05, 0) is 0 Å². The third kappa shape index (κ3) is 54.3. The normalized spacial score (nSPS) is 17.6. The third-order valence-electron chi connectivity index (χ3n) is 5.75. The highest BCUT2D eigenvalue weighted by atomic mass is 16.2. The Morgan fingerprint density at radius 3 is 0.212 bits per heavy atom. The van der Waals surface area contributed by atoms with Gasteiger partial charge in [-0.2, -0.15) is 0 Å². The van der Waals surface area contributed by atoms with Crippen molar-refractivity contribution in [1.82, 2.24) is 0 Å². The second kappa shape index (κ2) is 58.0. The van der Waals surface area contributed by atoms with Crippen LogP contribution < -0.4 is 0 Å². The highest BCUT2D eigenvalue weighted by Gasteiger charge is 1.97. The van der Waals surface area contributed by atoms with Crippen molar-refractivity contribution in [3.05, 3.63) is 0 Å². The fourth-order valence-electron chi connectivity index (χ4n) is 4.07. The van der Waals surface area contributed by atoms with Crippen LogP contribution >= 0.6 is 0 Å². The maximum atomic E-state index is 7.00. The van der Waals surface area contributed by atoms with Crippen molar-refractivity contribution in [3.8, 4) is 0 Å². The van der Waals surface area contributed by atoms with E-state index in [0.717, 1.165) is 35.5 Å². The maximum Gasteiger partial charge on any atom is 0.0319 e. The predicted molar refractivity (Wildman–Crippen MR) is 147 cm³/mol. The molecule has 0 atom stereocenters. The van der Waals surface area contributed by atoms with Gasteiger partial charge in [0.25, 0.3) is 0 Å². The van der Waals surface area contributed by atoms with E-state index in [1.807, 2.05) is 0 Å². The number of aliphatic hydroxyl groups is 5.